The summed E-state index contributed by atoms with van der Waals surface area (Å²) < 4.78 is 11.1. The molecule has 1 aliphatic rings. The van der Waals surface area contributed by atoms with Crippen LogP contribution in [0.3, 0.4) is 0 Å². The van der Waals surface area contributed by atoms with Crippen molar-refractivity contribution in [2.45, 2.75) is 20.3 Å². The molecule has 1 saturated heterocycles. The highest BCUT2D eigenvalue weighted by Crippen LogP contribution is 2.30. The third-order valence-corrected chi connectivity index (χ3v) is 3.26. The maximum absolute atomic E-state index is 12.3. The maximum Gasteiger partial charge on any atom is 0.167 e. The molecule has 0 amide bonds. The third kappa shape index (κ3) is 3.26. The van der Waals surface area contributed by atoms with E-state index in [-0.39, 0.29) is 11.7 Å². The molecule has 0 spiro atoms. The summed E-state index contributed by atoms with van der Waals surface area (Å²) in [5.41, 5.74) is 0.709. The lowest BCUT2D eigenvalue weighted by Gasteiger charge is -2.13. The minimum atomic E-state index is 0.0902. The zero-order chi connectivity index (χ0) is 13.7. The highest BCUT2D eigenvalue weighted by atomic mass is 16.5. The number of ether oxygens (including phenoxy) is 2. The molecule has 0 saturated carbocycles. The number of rotatable bonds is 6. The van der Waals surface area contributed by atoms with Crippen molar-refractivity contribution in [1.82, 2.24) is 5.32 Å². The molecule has 0 aliphatic carbocycles. The van der Waals surface area contributed by atoms with Crippen LogP contribution in [0.5, 0.6) is 11.5 Å². The van der Waals surface area contributed by atoms with Gasteiger partial charge in [0.05, 0.1) is 13.2 Å². The van der Waals surface area contributed by atoms with Gasteiger partial charge in [-0.1, -0.05) is 0 Å². The quantitative estimate of drug-likeness (QED) is 0.800. The standard InChI is InChI=1S/C15H21NO3/c1-3-18-13-6-5-11(9-14(13)19-4-2)15(17)12-7-8-16-10-12/h5-6,9,12,16H,3-4,7-8,10H2,1-2H3. The molecule has 0 bridgehead atoms. The molecule has 1 aromatic rings. The Balaban J connectivity index is 2.21. The molecule has 104 valence electrons. The van der Waals surface area contributed by atoms with Gasteiger partial charge in [-0.3, -0.25) is 4.79 Å². The van der Waals surface area contributed by atoms with E-state index >= 15 is 0 Å². The largest absolute Gasteiger partial charge is 0.490 e. The Kier molecular flexibility index (Phi) is 4.80. The Bertz CT molecular complexity index is 439. The van der Waals surface area contributed by atoms with Crippen LogP contribution in [-0.4, -0.2) is 32.1 Å². The lowest BCUT2D eigenvalue weighted by Crippen LogP contribution is -2.18. The molecular formula is C15H21NO3. The number of carbonyl (C=O) groups excluding carboxylic acids is 1. The zero-order valence-electron chi connectivity index (χ0n) is 11.6. The number of Topliss-reactive ketones (excluding diaryl/α,β-unsaturated/α-hetero) is 1. The SMILES string of the molecule is CCOc1ccc(C(=O)C2CCNC2)cc1OCC. The third-order valence-electron chi connectivity index (χ3n) is 3.26. The molecule has 1 N–H and O–H groups in total. The highest BCUT2D eigenvalue weighted by molar-refractivity contribution is 5.98. The Morgan fingerprint density at radius 2 is 2.00 bits per heavy atom. The van der Waals surface area contributed by atoms with E-state index in [2.05, 4.69) is 5.32 Å². The first-order valence-electron chi connectivity index (χ1n) is 6.90. The van der Waals surface area contributed by atoms with Gasteiger partial charge in [0, 0.05) is 18.0 Å². The highest BCUT2D eigenvalue weighted by Gasteiger charge is 2.24. The summed E-state index contributed by atoms with van der Waals surface area (Å²) in [5, 5.41) is 3.22. The van der Waals surface area contributed by atoms with E-state index in [0.717, 1.165) is 19.5 Å². The molecule has 1 heterocycles. The molecule has 19 heavy (non-hydrogen) atoms. The molecule has 1 unspecified atom stereocenters. The van der Waals surface area contributed by atoms with Crippen molar-refractivity contribution in [3.8, 4) is 11.5 Å². The van der Waals surface area contributed by atoms with Crippen LogP contribution < -0.4 is 14.8 Å². The number of benzene rings is 1. The maximum atomic E-state index is 12.3. The predicted molar refractivity (Wildman–Crippen MR) is 74.1 cm³/mol. The minimum Gasteiger partial charge on any atom is -0.490 e. The molecule has 0 aromatic heterocycles. The normalized spacial score (nSPS) is 18.3. The second kappa shape index (κ2) is 6.57. The van der Waals surface area contributed by atoms with Gasteiger partial charge in [-0.05, 0) is 45.0 Å². The van der Waals surface area contributed by atoms with Crippen molar-refractivity contribution < 1.29 is 14.3 Å². The van der Waals surface area contributed by atoms with E-state index in [4.69, 9.17) is 9.47 Å². The van der Waals surface area contributed by atoms with E-state index in [1.54, 1.807) is 6.07 Å². The zero-order valence-corrected chi connectivity index (χ0v) is 11.6. The summed E-state index contributed by atoms with van der Waals surface area (Å²) in [5.74, 6) is 1.63. The van der Waals surface area contributed by atoms with Crippen LogP contribution in [0.25, 0.3) is 0 Å². The van der Waals surface area contributed by atoms with E-state index in [1.807, 2.05) is 26.0 Å². The first kappa shape index (κ1) is 13.9. The van der Waals surface area contributed by atoms with E-state index < -0.39 is 0 Å². The smallest absolute Gasteiger partial charge is 0.167 e. The Morgan fingerprint density at radius 3 is 2.63 bits per heavy atom. The summed E-state index contributed by atoms with van der Waals surface area (Å²) in [6, 6.07) is 5.45. The molecule has 1 aromatic carbocycles. The van der Waals surface area contributed by atoms with Crippen molar-refractivity contribution >= 4 is 5.78 Å². The van der Waals surface area contributed by atoms with Crippen LogP contribution >= 0.6 is 0 Å². The fourth-order valence-electron chi connectivity index (χ4n) is 2.32. The van der Waals surface area contributed by atoms with Crippen LogP contribution in [0.2, 0.25) is 0 Å². The molecule has 0 radical (unpaired) electrons. The first-order valence-corrected chi connectivity index (χ1v) is 6.90. The molecule has 1 fully saturated rings. The van der Waals surface area contributed by atoms with E-state index in [1.165, 1.54) is 0 Å². The van der Waals surface area contributed by atoms with Crippen LogP contribution in [0, 0.1) is 5.92 Å². The number of hydrogen-bond acceptors (Lipinski definition) is 4. The monoisotopic (exact) mass is 263 g/mol. The van der Waals surface area contributed by atoms with Crippen molar-refractivity contribution in [1.29, 1.82) is 0 Å². The molecule has 2 rings (SSSR count). The summed E-state index contributed by atoms with van der Waals surface area (Å²) in [4.78, 5) is 12.3. The van der Waals surface area contributed by atoms with Crippen LogP contribution in [0.4, 0.5) is 0 Å². The molecule has 4 nitrogen and oxygen atoms in total. The number of nitrogens with one attached hydrogen (secondary N) is 1. The van der Waals surface area contributed by atoms with Gasteiger partial charge in [0.1, 0.15) is 0 Å². The fraction of sp³-hybridized carbons (Fsp3) is 0.533. The predicted octanol–water partition coefficient (Wildman–Crippen LogP) is 2.28. The van der Waals surface area contributed by atoms with Crippen LogP contribution in [-0.2, 0) is 0 Å². The second-order valence-corrected chi connectivity index (χ2v) is 4.58. The average Bonchev–Trinajstić information content (AvgIpc) is 2.94. The minimum absolute atomic E-state index is 0.0902. The van der Waals surface area contributed by atoms with Gasteiger partial charge < -0.3 is 14.8 Å². The molecule has 4 heteroatoms. The fourth-order valence-corrected chi connectivity index (χ4v) is 2.32. The van der Waals surface area contributed by atoms with Gasteiger partial charge in [-0.15, -0.1) is 0 Å². The topological polar surface area (TPSA) is 47.6 Å². The Hall–Kier alpha value is -1.55. The van der Waals surface area contributed by atoms with Gasteiger partial charge in [-0.25, -0.2) is 0 Å². The molecular weight excluding hydrogens is 242 g/mol. The van der Waals surface area contributed by atoms with Gasteiger partial charge in [0.15, 0.2) is 17.3 Å². The number of carbonyl (C=O) groups is 1. The number of ketones is 1. The average molecular weight is 263 g/mol. The summed E-state index contributed by atoms with van der Waals surface area (Å²) in [6.07, 6.45) is 0.913. The molecule has 1 atom stereocenters. The molecule has 1 aliphatic heterocycles. The van der Waals surface area contributed by atoms with Gasteiger partial charge in [-0.2, -0.15) is 0 Å². The number of hydrogen-bond donors (Lipinski definition) is 1. The van der Waals surface area contributed by atoms with Crippen molar-refractivity contribution in [3.63, 3.8) is 0 Å². The Morgan fingerprint density at radius 1 is 1.26 bits per heavy atom. The van der Waals surface area contributed by atoms with Crippen molar-refractivity contribution in [3.05, 3.63) is 23.8 Å². The second-order valence-electron chi connectivity index (χ2n) is 4.58. The van der Waals surface area contributed by atoms with Crippen molar-refractivity contribution in [2.75, 3.05) is 26.3 Å². The van der Waals surface area contributed by atoms with Crippen molar-refractivity contribution in [2.24, 2.45) is 5.92 Å². The summed E-state index contributed by atoms with van der Waals surface area (Å²) in [6.45, 7) is 6.69. The van der Waals surface area contributed by atoms with Crippen LogP contribution in [0.1, 0.15) is 30.6 Å². The Labute approximate surface area is 114 Å². The van der Waals surface area contributed by atoms with Crippen LogP contribution in [0.15, 0.2) is 18.2 Å². The summed E-state index contributed by atoms with van der Waals surface area (Å²) >= 11 is 0. The lowest BCUT2D eigenvalue weighted by atomic mass is 9.97. The van der Waals surface area contributed by atoms with E-state index in [9.17, 15) is 4.79 Å². The first-order chi connectivity index (χ1) is 9.26. The van der Waals surface area contributed by atoms with E-state index in [0.29, 0.717) is 30.3 Å². The van der Waals surface area contributed by atoms with Gasteiger partial charge in [0.25, 0.3) is 0 Å². The summed E-state index contributed by atoms with van der Waals surface area (Å²) in [7, 11) is 0. The van der Waals surface area contributed by atoms with Gasteiger partial charge >= 0.3 is 0 Å². The lowest BCUT2D eigenvalue weighted by molar-refractivity contribution is 0.0930. The van der Waals surface area contributed by atoms with Gasteiger partial charge in [0.2, 0.25) is 0 Å².